The maximum Gasteiger partial charge on any atom is 0.0611 e. The summed E-state index contributed by atoms with van der Waals surface area (Å²) in [5.74, 6) is 4.09. The minimum atomic E-state index is -0.0889. The van der Waals surface area contributed by atoms with Crippen molar-refractivity contribution >= 4 is 0 Å². The lowest BCUT2D eigenvalue weighted by molar-refractivity contribution is -0.0817. The Labute approximate surface area is 174 Å². The Morgan fingerprint density at radius 3 is 2.54 bits per heavy atom. The van der Waals surface area contributed by atoms with Crippen molar-refractivity contribution in [2.45, 2.75) is 106 Å². The molecule has 28 heavy (non-hydrogen) atoms. The minimum absolute atomic E-state index is 0. The first-order chi connectivity index (χ1) is 12.9. The molecule has 1 saturated heterocycles. The van der Waals surface area contributed by atoms with Crippen LogP contribution in [0.5, 0.6) is 0 Å². The Kier molecular flexibility index (Phi) is 6.44. The molecule has 1 heterocycles. The fourth-order valence-corrected chi connectivity index (χ4v) is 8.13. The molecule has 162 valence electrons. The minimum Gasteiger partial charge on any atom is -0.393 e. The van der Waals surface area contributed by atoms with E-state index in [2.05, 4.69) is 26.8 Å². The first-order valence-corrected chi connectivity index (χ1v) is 11.9. The summed E-state index contributed by atoms with van der Waals surface area (Å²) in [5.41, 5.74) is 2.47. The van der Waals surface area contributed by atoms with Crippen LogP contribution < -0.4 is 0 Å². The molecule has 0 spiro atoms. The smallest absolute Gasteiger partial charge is 0.0611 e. The van der Waals surface area contributed by atoms with Crippen LogP contribution in [-0.4, -0.2) is 23.9 Å². The summed E-state index contributed by atoms with van der Waals surface area (Å²) in [6.45, 7) is 12.5. The zero-order chi connectivity index (χ0) is 19.4. The maximum absolute atomic E-state index is 10.2. The highest BCUT2D eigenvalue weighted by Gasteiger charge is 2.61. The molecule has 5 aliphatic rings. The third-order valence-corrected chi connectivity index (χ3v) is 9.55. The van der Waals surface area contributed by atoms with Crippen molar-refractivity contribution in [3.05, 3.63) is 11.6 Å². The third kappa shape index (κ3) is 3.22. The largest absolute Gasteiger partial charge is 0.393 e. The summed E-state index contributed by atoms with van der Waals surface area (Å²) in [5, 5.41) is 10.2. The van der Waals surface area contributed by atoms with Gasteiger partial charge in [-0.3, -0.25) is 0 Å². The zero-order valence-electron chi connectivity index (χ0n) is 18.3. The number of hydrogen-bond acceptors (Lipinski definition) is 2. The van der Waals surface area contributed by atoms with Gasteiger partial charge in [0.05, 0.1) is 12.2 Å². The van der Waals surface area contributed by atoms with Crippen molar-refractivity contribution in [2.75, 3.05) is 6.61 Å². The van der Waals surface area contributed by atoms with E-state index in [1.54, 1.807) is 5.57 Å². The fraction of sp³-hybridized carbons (Fsp3) is 0.923. The van der Waals surface area contributed by atoms with Crippen LogP contribution in [0.1, 0.15) is 93.4 Å². The summed E-state index contributed by atoms with van der Waals surface area (Å²) in [7, 11) is 0. The number of fused-ring (bicyclic) bond motifs is 7. The van der Waals surface area contributed by atoms with E-state index in [-0.39, 0.29) is 13.5 Å². The first kappa shape index (κ1) is 22.3. The molecule has 9 atom stereocenters. The average Bonchev–Trinajstić information content (AvgIpc) is 2.96. The Morgan fingerprint density at radius 2 is 1.79 bits per heavy atom. The van der Waals surface area contributed by atoms with Crippen LogP contribution in [0.2, 0.25) is 0 Å². The molecule has 5 rings (SSSR count). The predicted octanol–water partition coefficient (Wildman–Crippen LogP) is 6.62. The Morgan fingerprint density at radius 1 is 1.04 bits per heavy atom. The SMILES string of the molecule is C.CC.CC1COC2CC3C4CC=C5CC(O)CCC5(C)C4CCC3(C)C2C1. The highest BCUT2D eigenvalue weighted by atomic mass is 16.5. The summed E-state index contributed by atoms with van der Waals surface area (Å²) >= 11 is 0. The molecule has 4 fully saturated rings. The molecule has 0 bridgehead atoms. The average molecular weight is 391 g/mol. The van der Waals surface area contributed by atoms with Gasteiger partial charge in [0.1, 0.15) is 0 Å². The summed E-state index contributed by atoms with van der Waals surface area (Å²) in [4.78, 5) is 0. The van der Waals surface area contributed by atoms with Gasteiger partial charge in [0.25, 0.3) is 0 Å². The number of rotatable bonds is 0. The van der Waals surface area contributed by atoms with Crippen molar-refractivity contribution in [3.8, 4) is 0 Å². The lowest BCUT2D eigenvalue weighted by Crippen LogP contribution is -2.50. The quantitative estimate of drug-likeness (QED) is 0.471. The molecular formula is C26H46O2. The first-order valence-electron chi connectivity index (χ1n) is 11.9. The molecule has 4 aliphatic carbocycles. The van der Waals surface area contributed by atoms with Crippen molar-refractivity contribution in [3.63, 3.8) is 0 Å². The van der Waals surface area contributed by atoms with Crippen LogP contribution >= 0.6 is 0 Å². The van der Waals surface area contributed by atoms with Crippen LogP contribution in [0, 0.1) is 40.4 Å². The molecule has 1 N–H and O–H groups in total. The van der Waals surface area contributed by atoms with Gasteiger partial charge in [-0.15, -0.1) is 0 Å². The van der Waals surface area contributed by atoms with E-state index in [4.69, 9.17) is 4.74 Å². The van der Waals surface area contributed by atoms with Crippen LogP contribution in [-0.2, 0) is 4.74 Å². The molecule has 9 unspecified atom stereocenters. The van der Waals surface area contributed by atoms with Crippen molar-refractivity contribution in [1.29, 1.82) is 0 Å². The van der Waals surface area contributed by atoms with Gasteiger partial charge in [-0.2, -0.15) is 0 Å². The second-order valence-corrected chi connectivity index (χ2v) is 10.8. The second kappa shape index (κ2) is 8.06. The molecule has 1 aliphatic heterocycles. The van der Waals surface area contributed by atoms with E-state index in [9.17, 15) is 5.11 Å². The number of allylic oxidation sites excluding steroid dienone is 1. The van der Waals surface area contributed by atoms with E-state index >= 15 is 0 Å². The lowest BCUT2D eigenvalue weighted by Gasteiger charge is -2.58. The van der Waals surface area contributed by atoms with Gasteiger partial charge in [-0.1, -0.05) is 53.7 Å². The van der Waals surface area contributed by atoms with Crippen molar-refractivity contribution in [1.82, 2.24) is 0 Å². The number of aliphatic hydroxyl groups is 1. The summed E-state index contributed by atoms with van der Waals surface area (Å²) in [6, 6.07) is 0. The van der Waals surface area contributed by atoms with Gasteiger partial charge < -0.3 is 9.84 Å². The molecule has 2 nitrogen and oxygen atoms in total. The van der Waals surface area contributed by atoms with Crippen molar-refractivity contribution in [2.24, 2.45) is 40.4 Å². The number of ether oxygens (including phenoxy) is 1. The topological polar surface area (TPSA) is 29.5 Å². The molecule has 0 aromatic carbocycles. The second-order valence-electron chi connectivity index (χ2n) is 10.8. The van der Waals surface area contributed by atoms with Crippen LogP contribution in [0.4, 0.5) is 0 Å². The highest BCUT2D eigenvalue weighted by molar-refractivity contribution is 5.25. The maximum atomic E-state index is 10.2. The van der Waals surface area contributed by atoms with E-state index in [0.717, 1.165) is 49.0 Å². The highest BCUT2D eigenvalue weighted by Crippen LogP contribution is 2.67. The van der Waals surface area contributed by atoms with Crippen LogP contribution in [0.25, 0.3) is 0 Å². The molecule has 3 saturated carbocycles. The van der Waals surface area contributed by atoms with Crippen LogP contribution in [0.3, 0.4) is 0 Å². The summed E-state index contributed by atoms with van der Waals surface area (Å²) in [6.07, 6.45) is 12.9. The Balaban J connectivity index is 0.000000728. The van der Waals surface area contributed by atoms with Crippen LogP contribution in [0.15, 0.2) is 11.6 Å². The molecule has 0 radical (unpaired) electrons. The van der Waals surface area contributed by atoms with E-state index in [1.165, 1.54) is 38.5 Å². The molecule has 0 aromatic heterocycles. The van der Waals surface area contributed by atoms with Gasteiger partial charge >= 0.3 is 0 Å². The van der Waals surface area contributed by atoms with Crippen molar-refractivity contribution < 1.29 is 9.84 Å². The van der Waals surface area contributed by atoms with Gasteiger partial charge in [0, 0.05) is 6.61 Å². The molecular weight excluding hydrogens is 344 g/mol. The van der Waals surface area contributed by atoms with Gasteiger partial charge in [0.15, 0.2) is 0 Å². The molecule has 0 aromatic rings. The fourth-order valence-electron chi connectivity index (χ4n) is 8.13. The van der Waals surface area contributed by atoms with Gasteiger partial charge in [-0.25, -0.2) is 0 Å². The standard InChI is InChI=1S/C23H36O2.C2H6.CH4/c1-14-10-20-21(25-13-14)12-19-17-5-4-15-11-16(24)6-8-22(15,2)18(17)7-9-23(19,20)3;1-2;/h4,14,16-21,24H,5-13H2,1-3H3;1-2H3;1H4. The third-order valence-electron chi connectivity index (χ3n) is 9.55. The summed E-state index contributed by atoms with van der Waals surface area (Å²) < 4.78 is 6.35. The normalized spacial score (nSPS) is 51.8. The Hall–Kier alpha value is -0.340. The predicted molar refractivity (Wildman–Crippen MR) is 118 cm³/mol. The van der Waals surface area contributed by atoms with E-state index < -0.39 is 0 Å². The number of aliphatic hydroxyl groups excluding tert-OH is 1. The van der Waals surface area contributed by atoms with Gasteiger partial charge in [-0.05, 0) is 91.8 Å². The lowest BCUT2D eigenvalue weighted by atomic mass is 9.47. The zero-order valence-corrected chi connectivity index (χ0v) is 18.3. The van der Waals surface area contributed by atoms with Gasteiger partial charge in [0.2, 0.25) is 0 Å². The molecule has 2 heteroatoms. The van der Waals surface area contributed by atoms with E-state index in [0.29, 0.717) is 16.9 Å². The Bertz CT molecular complexity index is 583. The monoisotopic (exact) mass is 390 g/mol. The molecule has 0 amide bonds. The number of hydrogen-bond donors (Lipinski definition) is 1. The van der Waals surface area contributed by atoms with E-state index in [1.807, 2.05) is 13.8 Å².